The number of benzene rings is 1. The van der Waals surface area contributed by atoms with Crippen molar-refractivity contribution in [2.24, 2.45) is 0 Å². The zero-order valence-corrected chi connectivity index (χ0v) is 10.6. The molecule has 0 heterocycles. The maximum atomic E-state index is 11.0. The first-order valence-corrected chi connectivity index (χ1v) is 6.08. The molecule has 1 aliphatic rings. The van der Waals surface area contributed by atoms with E-state index in [2.05, 4.69) is 12.2 Å². The summed E-state index contributed by atoms with van der Waals surface area (Å²) in [5.41, 5.74) is 0.0500. The van der Waals surface area contributed by atoms with Gasteiger partial charge in [-0.1, -0.05) is 0 Å². The Labute approximate surface area is 109 Å². The van der Waals surface area contributed by atoms with Crippen molar-refractivity contribution < 1.29 is 9.85 Å². The van der Waals surface area contributed by atoms with Crippen LogP contribution in [0.4, 0.5) is 11.4 Å². The summed E-state index contributed by atoms with van der Waals surface area (Å²) >= 11 is 0. The van der Waals surface area contributed by atoms with Crippen molar-refractivity contribution in [2.45, 2.75) is 38.3 Å². The summed E-state index contributed by atoms with van der Waals surface area (Å²) in [6.07, 6.45) is 3.26. The smallest absolute Gasteiger partial charge is 0.280 e. The second-order valence-corrected chi connectivity index (χ2v) is 5.10. The highest BCUT2D eigenvalue weighted by molar-refractivity contribution is 5.49. The lowest BCUT2D eigenvalue weighted by Crippen LogP contribution is -2.47. The van der Waals surface area contributed by atoms with Gasteiger partial charge in [-0.05, 0) is 32.3 Å². The lowest BCUT2D eigenvalue weighted by Gasteiger charge is -2.39. The van der Waals surface area contributed by atoms with Gasteiger partial charge < -0.3 is 5.32 Å². The lowest BCUT2D eigenvalue weighted by molar-refractivity contribution is -0.394. The average molecular weight is 265 g/mol. The van der Waals surface area contributed by atoms with Gasteiger partial charge in [0.1, 0.15) is 0 Å². The molecule has 102 valence electrons. The van der Waals surface area contributed by atoms with E-state index in [0.717, 1.165) is 25.3 Å². The Bertz CT molecular complexity index is 526. The van der Waals surface area contributed by atoms with Gasteiger partial charge in [0.15, 0.2) is 0 Å². The normalized spacial score (nSPS) is 16.7. The number of non-ortho nitro benzene ring substituents is 1. The molecule has 1 saturated carbocycles. The summed E-state index contributed by atoms with van der Waals surface area (Å²) in [6, 6.07) is 3.76. The van der Waals surface area contributed by atoms with E-state index in [4.69, 9.17) is 0 Å². The number of nitro benzene ring substituents is 2. The Kier molecular flexibility index (Phi) is 3.48. The quantitative estimate of drug-likeness (QED) is 0.651. The van der Waals surface area contributed by atoms with Crippen LogP contribution < -0.4 is 5.32 Å². The van der Waals surface area contributed by atoms with E-state index in [0.29, 0.717) is 12.1 Å². The molecule has 0 saturated heterocycles. The van der Waals surface area contributed by atoms with Gasteiger partial charge in [-0.3, -0.25) is 20.2 Å². The first kappa shape index (κ1) is 13.4. The standard InChI is InChI=1S/C12H15N3O4/c1-12(5-2-6-12)13-8-9-3-4-10(14(16)17)7-11(9)15(18)19/h3-4,7,13H,2,5-6,8H2,1H3. The number of nitrogens with zero attached hydrogens (tertiary/aromatic N) is 2. The Balaban J connectivity index is 2.19. The summed E-state index contributed by atoms with van der Waals surface area (Å²) in [7, 11) is 0. The minimum Gasteiger partial charge on any atom is -0.307 e. The minimum atomic E-state index is -0.628. The van der Waals surface area contributed by atoms with Gasteiger partial charge in [0.25, 0.3) is 11.4 Å². The second kappa shape index (κ2) is 4.93. The predicted octanol–water partition coefficient (Wildman–Crippen LogP) is 2.54. The largest absolute Gasteiger partial charge is 0.307 e. The van der Waals surface area contributed by atoms with Crippen LogP contribution in [0.3, 0.4) is 0 Å². The van der Waals surface area contributed by atoms with Gasteiger partial charge >= 0.3 is 0 Å². The van der Waals surface area contributed by atoms with E-state index < -0.39 is 9.85 Å². The highest BCUT2D eigenvalue weighted by Gasteiger charge is 2.31. The first-order valence-electron chi connectivity index (χ1n) is 6.08. The summed E-state index contributed by atoms with van der Waals surface area (Å²) in [4.78, 5) is 20.4. The number of rotatable bonds is 5. The summed E-state index contributed by atoms with van der Waals surface area (Å²) < 4.78 is 0. The van der Waals surface area contributed by atoms with Crippen LogP contribution in [-0.2, 0) is 6.54 Å². The molecule has 0 radical (unpaired) electrons. The predicted molar refractivity (Wildman–Crippen MR) is 68.8 cm³/mol. The topological polar surface area (TPSA) is 98.3 Å². The maximum Gasteiger partial charge on any atom is 0.280 e. The van der Waals surface area contributed by atoms with E-state index >= 15 is 0 Å². The van der Waals surface area contributed by atoms with E-state index in [9.17, 15) is 20.2 Å². The minimum absolute atomic E-state index is 0.0373. The van der Waals surface area contributed by atoms with Crippen molar-refractivity contribution in [1.29, 1.82) is 0 Å². The van der Waals surface area contributed by atoms with Crippen molar-refractivity contribution in [3.63, 3.8) is 0 Å². The van der Waals surface area contributed by atoms with Crippen LogP contribution in [0, 0.1) is 20.2 Å². The zero-order chi connectivity index (χ0) is 14.0. The summed E-state index contributed by atoms with van der Waals surface area (Å²) in [6.45, 7) is 2.43. The van der Waals surface area contributed by atoms with Crippen LogP contribution in [0.15, 0.2) is 18.2 Å². The monoisotopic (exact) mass is 265 g/mol. The molecule has 0 unspecified atom stereocenters. The Morgan fingerprint density at radius 2 is 1.95 bits per heavy atom. The van der Waals surface area contributed by atoms with Crippen molar-refractivity contribution in [3.05, 3.63) is 44.0 Å². The molecule has 1 fully saturated rings. The van der Waals surface area contributed by atoms with Crippen LogP contribution in [-0.4, -0.2) is 15.4 Å². The Hall–Kier alpha value is -2.02. The average Bonchev–Trinajstić information content (AvgIpc) is 2.33. The van der Waals surface area contributed by atoms with Gasteiger partial charge in [-0.25, -0.2) is 0 Å². The maximum absolute atomic E-state index is 11.0. The zero-order valence-electron chi connectivity index (χ0n) is 10.6. The molecule has 0 aromatic heterocycles. The molecular formula is C12H15N3O4. The number of nitrogens with one attached hydrogen (secondary N) is 1. The van der Waals surface area contributed by atoms with Gasteiger partial charge in [0.05, 0.1) is 15.9 Å². The van der Waals surface area contributed by atoms with Crippen molar-refractivity contribution in [2.75, 3.05) is 0 Å². The Morgan fingerprint density at radius 1 is 1.26 bits per heavy atom. The van der Waals surface area contributed by atoms with E-state index in [-0.39, 0.29) is 16.9 Å². The SMILES string of the molecule is CC1(NCc2ccc([N+](=O)[O-])cc2[N+](=O)[O-])CCC1. The highest BCUT2D eigenvalue weighted by atomic mass is 16.6. The van der Waals surface area contributed by atoms with Crippen LogP contribution >= 0.6 is 0 Å². The first-order chi connectivity index (χ1) is 8.91. The molecule has 7 nitrogen and oxygen atoms in total. The molecule has 2 rings (SSSR count). The molecule has 1 aromatic carbocycles. The molecule has 0 amide bonds. The second-order valence-electron chi connectivity index (χ2n) is 5.10. The van der Waals surface area contributed by atoms with E-state index in [1.54, 1.807) is 0 Å². The third kappa shape index (κ3) is 2.87. The highest BCUT2D eigenvalue weighted by Crippen LogP contribution is 2.32. The molecule has 0 spiro atoms. The third-order valence-electron chi connectivity index (χ3n) is 3.64. The molecule has 0 bridgehead atoms. The number of nitro groups is 2. The van der Waals surface area contributed by atoms with Gasteiger partial charge in [-0.15, -0.1) is 0 Å². The molecule has 0 atom stereocenters. The Morgan fingerprint density at radius 3 is 2.42 bits per heavy atom. The molecular weight excluding hydrogens is 250 g/mol. The van der Waals surface area contributed by atoms with E-state index in [1.807, 2.05) is 0 Å². The van der Waals surface area contributed by atoms with Crippen LogP contribution in [0.2, 0.25) is 0 Å². The summed E-state index contributed by atoms with van der Waals surface area (Å²) in [5.74, 6) is 0. The molecule has 1 N–H and O–H groups in total. The number of hydrogen-bond acceptors (Lipinski definition) is 5. The molecule has 1 aliphatic carbocycles. The van der Waals surface area contributed by atoms with Crippen LogP contribution in [0.1, 0.15) is 31.7 Å². The van der Waals surface area contributed by atoms with Crippen LogP contribution in [0.25, 0.3) is 0 Å². The lowest BCUT2D eigenvalue weighted by atomic mass is 9.78. The molecule has 0 aliphatic heterocycles. The molecule has 1 aromatic rings. The van der Waals surface area contributed by atoms with Crippen LogP contribution in [0.5, 0.6) is 0 Å². The van der Waals surface area contributed by atoms with E-state index in [1.165, 1.54) is 12.1 Å². The van der Waals surface area contributed by atoms with Gasteiger partial charge in [0.2, 0.25) is 0 Å². The number of hydrogen-bond donors (Lipinski definition) is 1. The van der Waals surface area contributed by atoms with Gasteiger partial charge in [0, 0.05) is 23.7 Å². The van der Waals surface area contributed by atoms with Crippen molar-refractivity contribution in [1.82, 2.24) is 5.32 Å². The van der Waals surface area contributed by atoms with Gasteiger partial charge in [-0.2, -0.15) is 0 Å². The van der Waals surface area contributed by atoms with Crippen molar-refractivity contribution >= 4 is 11.4 Å². The molecule has 7 heteroatoms. The molecule has 19 heavy (non-hydrogen) atoms. The van der Waals surface area contributed by atoms with Crippen molar-refractivity contribution in [3.8, 4) is 0 Å². The fourth-order valence-electron chi connectivity index (χ4n) is 2.18. The fraction of sp³-hybridized carbons (Fsp3) is 0.500. The third-order valence-corrected chi connectivity index (χ3v) is 3.64. The summed E-state index contributed by atoms with van der Waals surface area (Å²) in [5, 5.41) is 24.9. The fourth-order valence-corrected chi connectivity index (χ4v) is 2.18.